The van der Waals surface area contributed by atoms with Crippen molar-refractivity contribution in [3.8, 4) is 0 Å². The molecular weight excluding hydrogens is 218 g/mol. The molecule has 1 aromatic heterocycles. The van der Waals surface area contributed by atoms with Crippen molar-refractivity contribution >= 4 is 15.9 Å². The maximum absolute atomic E-state index is 11.4. The first kappa shape index (κ1) is 11.7. The van der Waals surface area contributed by atoms with Crippen LogP contribution in [0.4, 0.5) is 0 Å². The lowest BCUT2D eigenvalue weighted by Crippen LogP contribution is -2.20. The summed E-state index contributed by atoms with van der Waals surface area (Å²) in [5, 5.41) is 2.43. The Hall–Kier alpha value is -1.34. The Morgan fingerprint density at radius 1 is 1.40 bits per heavy atom. The molecule has 0 aromatic carbocycles. The number of hydrogen-bond donors (Lipinski definition) is 2. The Bertz CT molecular complexity index is 475. The summed E-state index contributed by atoms with van der Waals surface area (Å²) in [6.07, 6.45) is 1.39. The zero-order chi connectivity index (χ0) is 11.6. The topological polar surface area (TPSA) is 80.2 Å². The average Bonchev–Trinajstić information content (AvgIpc) is 2.60. The van der Waals surface area contributed by atoms with Crippen LogP contribution < -0.4 is 10.0 Å². The van der Waals surface area contributed by atoms with E-state index in [0.717, 1.165) is 0 Å². The molecule has 0 saturated heterocycles. The number of aryl methyl sites for hydroxylation is 1. The van der Waals surface area contributed by atoms with Gasteiger partial charge in [-0.15, -0.1) is 0 Å². The van der Waals surface area contributed by atoms with E-state index in [0.29, 0.717) is 5.69 Å². The summed E-state index contributed by atoms with van der Waals surface area (Å²) in [7, 11) is 0.927. The summed E-state index contributed by atoms with van der Waals surface area (Å²) in [5.74, 6) is -0.324. The standard InChI is InChI=1S/C8H13N3O3S/c1-9-8(12)7-4-6(5-11(7)3)15(13,14)10-2/h4-5,10H,1-3H3,(H,9,12). The van der Waals surface area contributed by atoms with E-state index in [4.69, 9.17) is 0 Å². The molecule has 0 spiro atoms. The van der Waals surface area contributed by atoms with E-state index in [2.05, 4.69) is 10.0 Å². The molecule has 0 radical (unpaired) electrons. The summed E-state index contributed by atoms with van der Waals surface area (Å²) < 4.78 is 26.5. The van der Waals surface area contributed by atoms with E-state index >= 15 is 0 Å². The number of sulfonamides is 1. The molecule has 1 rings (SSSR count). The molecule has 0 atom stereocenters. The zero-order valence-corrected chi connectivity index (χ0v) is 9.55. The van der Waals surface area contributed by atoms with Gasteiger partial charge in [-0.2, -0.15) is 0 Å². The number of rotatable bonds is 3. The number of amides is 1. The predicted octanol–water partition coefficient (Wildman–Crippen LogP) is -0.707. The Morgan fingerprint density at radius 3 is 2.47 bits per heavy atom. The van der Waals surface area contributed by atoms with Gasteiger partial charge in [-0.05, 0) is 13.1 Å². The molecule has 0 bridgehead atoms. The van der Waals surface area contributed by atoms with Crippen molar-refractivity contribution in [1.82, 2.24) is 14.6 Å². The summed E-state index contributed by atoms with van der Waals surface area (Å²) in [5.41, 5.74) is 0.298. The highest BCUT2D eigenvalue weighted by Crippen LogP contribution is 2.12. The van der Waals surface area contributed by atoms with E-state index in [-0.39, 0.29) is 10.8 Å². The second-order valence-corrected chi connectivity index (χ2v) is 4.85. The van der Waals surface area contributed by atoms with Crippen LogP contribution in [0, 0.1) is 0 Å². The molecule has 2 N–H and O–H groups in total. The van der Waals surface area contributed by atoms with Crippen LogP contribution >= 0.6 is 0 Å². The first-order chi connectivity index (χ1) is 6.92. The monoisotopic (exact) mass is 231 g/mol. The SMILES string of the molecule is CNC(=O)c1cc(S(=O)(=O)NC)cn1C. The smallest absolute Gasteiger partial charge is 0.267 e. The lowest BCUT2D eigenvalue weighted by atomic mass is 10.4. The van der Waals surface area contributed by atoms with Gasteiger partial charge in [0.2, 0.25) is 10.0 Å². The Balaban J connectivity index is 3.23. The first-order valence-corrected chi connectivity index (χ1v) is 5.72. The molecule has 6 nitrogen and oxygen atoms in total. The van der Waals surface area contributed by atoms with Crippen molar-refractivity contribution in [1.29, 1.82) is 0 Å². The van der Waals surface area contributed by atoms with Crippen LogP contribution in [0.25, 0.3) is 0 Å². The van der Waals surface area contributed by atoms with E-state index in [9.17, 15) is 13.2 Å². The fraction of sp³-hybridized carbons (Fsp3) is 0.375. The second kappa shape index (κ2) is 4.03. The van der Waals surface area contributed by atoms with Gasteiger partial charge in [-0.3, -0.25) is 4.79 Å². The Labute approximate surface area is 88.3 Å². The number of nitrogens with one attached hydrogen (secondary N) is 2. The highest BCUT2D eigenvalue weighted by atomic mass is 32.2. The van der Waals surface area contributed by atoms with Crippen LogP contribution in [0.1, 0.15) is 10.5 Å². The molecule has 1 heterocycles. The molecular formula is C8H13N3O3S. The number of carbonyl (C=O) groups excluding carboxylic acids is 1. The maximum Gasteiger partial charge on any atom is 0.267 e. The van der Waals surface area contributed by atoms with Crippen LogP contribution in [0.3, 0.4) is 0 Å². The van der Waals surface area contributed by atoms with Gasteiger partial charge in [0.15, 0.2) is 0 Å². The molecule has 1 aromatic rings. The highest BCUT2D eigenvalue weighted by Gasteiger charge is 2.18. The van der Waals surface area contributed by atoms with Crippen molar-refractivity contribution in [2.45, 2.75) is 4.90 Å². The first-order valence-electron chi connectivity index (χ1n) is 4.24. The molecule has 0 aliphatic heterocycles. The maximum atomic E-state index is 11.4. The van der Waals surface area contributed by atoms with Gasteiger partial charge >= 0.3 is 0 Å². The van der Waals surface area contributed by atoms with Gasteiger partial charge in [-0.25, -0.2) is 13.1 Å². The minimum atomic E-state index is -3.49. The highest BCUT2D eigenvalue weighted by molar-refractivity contribution is 7.89. The minimum Gasteiger partial charge on any atom is -0.354 e. The van der Waals surface area contributed by atoms with Crippen molar-refractivity contribution in [3.05, 3.63) is 18.0 Å². The van der Waals surface area contributed by atoms with Crippen molar-refractivity contribution in [2.24, 2.45) is 7.05 Å². The summed E-state index contributed by atoms with van der Waals surface area (Å²) >= 11 is 0. The van der Waals surface area contributed by atoms with Crippen LogP contribution in [-0.2, 0) is 17.1 Å². The van der Waals surface area contributed by atoms with Gasteiger partial charge in [0.05, 0.1) is 0 Å². The summed E-state index contributed by atoms with van der Waals surface area (Å²) in [4.78, 5) is 11.4. The van der Waals surface area contributed by atoms with Crippen LogP contribution in [0.15, 0.2) is 17.2 Å². The molecule has 0 aliphatic carbocycles. The molecule has 0 unspecified atom stereocenters. The van der Waals surface area contributed by atoms with E-state index in [1.54, 1.807) is 7.05 Å². The minimum absolute atomic E-state index is 0.0751. The Morgan fingerprint density at radius 2 is 2.00 bits per heavy atom. The average molecular weight is 231 g/mol. The van der Waals surface area contributed by atoms with E-state index < -0.39 is 10.0 Å². The largest absolute Gasteiger partial charge is 0.354 e. The van der Waals surface area contributed by atoms with E-state index in [1.807, 2.05) is 0 Å². The Kier molecular flexibility index (Phi) is 3.15. The van der Waals surface area contributed by atoms with Crippen molar-refractivity contribution in [3.63, 3.8) is 0 Å². The molecule has 7 heteroatoms. The lowest BCUT2D eigenvalue weighted by molar-refractivity contribution is 0.0955. The predicted molar refractivity (Wildman–Crippen MR) is 55.0 cm³/mol. The van der Waals surface area contributed by atoms with Gasteiger partial charge < -0.3 is 9.88 Å². The van der Waals surface area contributed by atoms with Gasteiger partial charge in [-0.1, -0.05) is 0 Å². The number of nitrogens with zero attached hydrogens (tertiary/aromatic N) is 1. The van der Waals surface area contributed by atoms with Gasteiger partial charge in [0.25, 0.3) is 5.91 Å². The van der Waals surface area contributed by atoms with Gasteiger partial charge in [0, 0.05) is 20.3 Å². The van der Waals surface area contributed by atoms with Gasteiger partial charge in [0.1, 0.15) is 10.6 Å². The number of aromatic nitrogens is 1. The quantitative estimate of drug-likeness (QED) is 0.721. The molecule has 1 amide bonds. The molecule has 0 saturated carbocycles. The summed E-state index contributed by atoms with van der Waals surface area (Å²) in [6.45, 7) is 0. The van der Waals surface area contributed by atoms with E-state index in [1.165, 1.54) is 30.9 Å². The molecule has 15 heavy (non-hydrogen) atoms. The molecule has 0 fully saturated rings. The number of hydrogen-bond acceptors (Lipinski definition) is 3. The third-order valence-electron chi connectivity index (χ3n) is 2.02. The van der Waals surface area contributed by atoms with Crippen LogP contribution in [0.2, 0.25) is 0 Å². The van der Waals surface area contributed by atoms with Crippen LogP contribution in [-0.4, -0.2) is 33.0 Å². The lowest BCUT2D eigenvalue weighted by Gasteiger charge is -1.98. The third kappa shape index (κ3) is 2.18. The number of carbonyl (C=O) groups is 1. The van der Waals surface area contributed by atoms with Crippen LogP contribution in [0.5, 0.6) is 0 Å². The second-order valence-electron chi connectivity index (χ2n) is 2.96. The third-order valence-corrected chi connectivity index (χ3v) is 3.40. The fourth-order valence-electron chi connectivity index (χ4n) is 1.15. The fourth-order valence-corrected chi connectivity index (χ4v) is 1.95. The molecule has 84 valence electrons. The summed E-state index contributed by atoms with van der Waals surface area (Å²) in [6, 6.07) is 1.32. The van der Waals surface area contributed by atoms with Crippen molar-refractivity contribution < 1.29 is 13.2 Å². The normalized spacial score (nSPS) is 11.4. The zero-order valence-electron chi connectivity index (χ0n) is 8.73. The van der Waals surface area contributed by atoms with Crippen molar-refractivity contribution in [2.75, 3.05) is 14.1 Å². The molecule has 0 aliphatic rings.